The van der Waals surface area contributed by atoms with E-state index in [0.717, 1.165) is 29.9 Å². The monoisotopic (exact) mass is 372 g/mol. The van der Waals surface area contributed by atoms with Gasteiger partial charge in [-0.25, -0.2) is 4.98 Å². The van der Waals surface area contributed by atoms with E-state index < -0.39 is 0 Å². The van der Waals surface area contributed by atoms with Crippen LogP contribution >= 0.6 is 11.3 Å². The highest BCUT2D eigenvalue weighted by Crippen LogP contribution is 2.29. The number of hydrogen-bond acceptors (Lipinski definition) is 4. The molecular formula is C19H28N6S. The van der Waals surface area contributed by atoms with Crippen molar-refractivity contribution in [1.82, 2.24) is 4.98 Å². The number of nitrogens with zero attached hydrogens (tertiary/aromatic N) is 3. The molecule has 0 spiro atoms. The lowest BCUT2D eigenvalue weighted by Crippen LogP contribution is -2.22. The van der Waals surface area contributed by atoms with E-state index in [1.165, 1.54) is 49.8 Å². The van der Waals surface area contributed by atoms with Crippen molar-refractivity contribution in [3.63, 3.8) is 0 Å². The molecule has 0 fully saturated rings. The summed E-state index contributed by atoms with van der Waals surface area (Å²) in [6, 6.07) is 8.07. The number of rotatable bonds is 11. The molecule has 0 saturated carbocycles. The molecule has 0 radical (unpaired) electrons. The highest BCUT2D eigenvalue weighted by Gasteiger charge is 2.08. The van der Waals surface area contributed by atoms with Crippen LogP contribution in [0.4, 0.5) is 10.8 Å². The zero-order chi connectivity index (χ0) is 18.8. The van der Waals surface area contributed by atoms with Crippen molar-refractivity contribution < 1.29 is 0 Å². The maximum absolute atomic E-state index is 7.74. The molecular weight excluding hydrogens is 344 g/mol. The molecule has 26 heavy (non-hydrogen) atoms. The summed E-state index contributed by atoms with van der Waals surface area (Å²) in [4.78, 5) is 10.4. The maximum atomic E-state index is 7.74. The van der Waals surface area contributed by atoms with Crippen LogP contribution in [0.5, 0.6) is 0 Å². The first kappa shape index (κ1) is 19.9. The Morgan fingerprint density at radius 1 is 1.23 bits per heavy atom. The van der Waals surface area contributed by atoms with Crippen molar-refractivity contribution in [2.75, 3.05) is 11.4 Å². The number of thiazole rings is 1. The van der Waals surface area contributed by atoms with Gasteiger partial charge in [0.1, 0.15) is 0 Å². The van der Waals surface area contributed by atoms with Crippen LogP contribution in [0.2, 0.25) is 0 Å². The van der Waals surface area contributed by atoms with Gasteiger partial charge in [-0.15, -0.1) is 11.3 Å². The lowest BCUT2D eigenvalue weighted by atomic mass is 10.1. The van der Waals surface area contributed by atoms with Crippen LogP contribution in [0, 0.1) is 5.41 Å². The Labute approximate surface area is 159 Å². The molecule has 140 valence electrons. The van der Waals surface area contributed by atoms with Crippen molar-refractivity contribution >= 4 is 34.5 Å². The van der Waals surface area contributed by atoms with E-state index in [4.69, 9.17) is 16.9 Å². The Kier molecular flexibility index (Phi) is 8.08. The quantitative estimate of drug-likeness (QED) is 0.307. The number of aliphatic imine (C=N–C) groups is 1. The first-order chi connectivity index (χ1) is 12.6. The van der Waals surface area contributed by atoms with Gasteiger partial charge in [0, 0.05) is 23.2 Å². The summed E-state index contributed by atoms with van der Waals surface area (Å²) in [7, 11) is 0. The van der Waals surface area contributed by atoms with Gasteiger partial charge in [0.25, 0.3) is 0 Å². The van der Waals surface area contributed by atoms with Crippen LogP contribution in [0.1, 0.15) is 45.4 Å². The number of nitrogens with one attached hydrogen (secondary N) is 1. The molecule has 0 aliphatic heterocycles. The fourth-order valence-electron chi connectivity index (χ4n) is 2.73. The van der Waals surface area contributed by atoms with Crippen molar-refractivity contribution in [2.24, 2.45) is 16.5 Å². The standard InChI is InChI=1S/C19H28N6S/c1-2-3-4-5-6-7-11-25(14-20)16-10-8-9-15(12-16)17-13-26-19(23-17)24-18(21)22/h8-10,12-14,20H,2-7,11H2,1H3,(H4,21,22,23,24). The average molecular weight is 373 g/mol. The number of benzene rings is 1. The third-order valence-electron chi connectivity index (χ3n) is 4.10. The minimum atomic E-state index is 0.00793. The Bertz CT molecular complexity index is 720. The molecule has 1 aromatic heterocycles. The van der Waals surface area contributed by atoms with Gasteiger partial charge in [-0.3, -0.25) is 5.41 Å². The third kappa shape index (κ3) is 6.15. The highest BCUT2D eigenvalue weighted by atomic mass is 32.1. The minimum absolute atomic E-state index is 0.00793. The van der Waals surface area contributed by atoms with E-state index in [9.17, 15) is 0 Å². The van der Waals surface area contributed by atoms with Crippen LogP contribution in [0.25, 0.3) is 11.3 Å². The maximum Gasteiger partial charge on any atom is 0.212 e. The molecule has 0 bridgehead atoms. The van der Waals surface area contributed by atoms with Gasteiger partial charge < -0.3 is 16.4 Å². The van der Waals surface area contributed by atoms with Crippen molar-refractivity contribution in [1.29, 1.82) is 5.41 Å². The molecule has 5 N–H and O–H groups in total. The number of anilines is 1. The topological polar surface area (TPSA) is 104 Å². The Hall–Kier alpha value is -2.41. The summed E-state index contributed by atoms with van der Waals surface area (Å²) in [5.41, 5.74) is 13.6. The fraction of sp³-hybridized carbons (Fsp3) is 0.421. The Morgan fingerprint density at radius 2 is 2.00 bits per heavy atom. The lowest BCUT2D eigenvalue weighted by Gasteiger charge is -2.19. The van der Waals surface area contributed by atoms with E-state index in [1.54, 1.807) is 0 Å². The smallest absolute Gasteiger partial charge is 0.212 e. The lowest BCUT2D eigenvalue weighted by molar-refractivity contribution is 0.611. The zero-order valence-corrected chi connectivity index (χ0v) is 16.1. The molecule has 2 rings (SSSR count). The fourth-order valence-corrected chi connectivity index (χ4v) is 3.45. The average Bonchev–Trinajstić information content (AvgIpc) is 3.09. The molecule has 0 amide bonds. The van der Waals surface area contributed by atoms with E-state index in [2.05, 4.69) is 23.0 Å². The minimum Gasteiger partial charge on any atom is -0.370 e. The number of aromatic nitrogens is 1. The van der Waals surface area contributed by atoms with Gasteiger partial charge in [0.05, 0.1) is 12.0 Å². The second-order valence-electron chi connectivity index (χ2n) is 6.19. The van der Waals surface area contributed by atoms with Gasteiger partial charge in [-0.2, -0.15) is 4.99 Å². The number of hydrogen-bond donors (Lipinski definition) is 3. The van der Waals surface area contributed by atoms with Gasteiger partial charge in [0.2, 0.25) is 5.13 Å². The number of unbranched alkanes of at least 4 members (excludes halogenated alkanes) is 5. The summed E-state index contributed by atoms with van der Waals surface area (Å²) in [5.74, 6) is 0.00793. The molecule has 0 atom stereocenters. The molecule has 0 aliphatic carbocycles. The predicted octanol–water partition coefficient (Wildman–Crippen LogP) is 4.49. The van der Waals surface area contributed by atoms with Crippen molar-refractivity contribution in [3.05, 3.63) is 29.6 Å². The highest BCUT2D eigenvalue weighted by molar-refractivity contribution is 7.13. The largest absolute Gasteiger partial charge is 0.370 e. The normalized spacial score (nSPS) is 10.5. The van der Waals surface area contributed by atoms with E-state index in [1.807, 2.05) is 28.5 Å². The summed E-state index contributed by atoms with van der Waals surface area (Å²) in [6.45, 7) is 3.09. The van der Waals surface area contributed by atoms with E-state index >= 15 is 0 Å². The first-order valence-electron chi connectivity index (χ1n) is 9.07. The van der Waals surface area contributed by atoms with Crippen LogP contribution < -0.4 is 16.4 Å². The second kappa shape index (κ2) is 10.6. The summed E-state index contributed by atoms with van der Waals surface area (Å²) in [6.07, 6.45) is 8.85. The Balaban J connectivity index is 2.01. The van der Waals surface area contributed by atoms with E-state index in [-0.39, 0.29) is 5.96 Å². The van der Waals surface area contributed by atoms with Gasteiger partial charge in [-0.05, 0) is 18.6 Å². The Morgan fingerprint density at radius 3 is 2.73 bits per heavy atom. The molecule has 1 aromatic carbocycles. The number of nitrogens with two attached hydrogens (primary N) is 2. The molecule has 0 aliphatic rings. The van der Waals surface area contributed by atoms with E-state index in [0.29, 0.717) is 5.13 Å². The van der Waals surface area contributed by atoms with Crippen LogP contribution in [-0.2, 0) is 0 Å². The number of guanidine groups is 1. The molecule has 7 heteroatoms. The summed E-state index contributed by atoms with van der Waals surface area (Å²) >= 11 is 1.40. The van der Waals surface area contributed by atoms with Gasteiger partial charge >= 0.3 is 0 Å². The van der Waals surface area contributed by atoms with Gasteiger partial charge in [-0.1, -0.05) is 51.2 Å². The SMILES string of the molecule is CCCCCCCCN(C=N)c1cccc(-c2csc(N=C(N)N)n2)c1. The molecule has 1 heterocycles. The van der Waals surface area contributed by atoms with Crippen molar-refractivity contribution in [3.8, 4) is 11.3 Å². The summed E-state index contributed by atoms with van der Waals surface area (Å²) < 4.78 is 0. The predicted molar refractivity (Wildman–Crippen MR) is 113 cm³/mol. The first-order valence-corrected chi connectivity index (χ1v) is 9.95. The van der Waals surface area contributed by atoms with Crippen LogP contribution in [0.3, 0.4) is 0 Å². The molecule has 0 saturated heterocycles. The van der Waals surface area contributed by atoms with Gasteiger partial charge in [0.15, 0.2) is 5.96 Å². The van der Waals surface area contributed by atoms with Crippen LogP contribution in [-0.4, -0.2) is 23.8 Å². The molecule has 0 unspecified atom stereocenters. The molecule has 6 nitrogen and oxygen atoms in total. The van der Waals surface area contributed by atoms with Crippen molar-refractivity contribution in [2.45, 2.75) is 45.4 Å². The molecule has 2 aromatic rings. The zero-order valence-electron chi connectivity index (χ0n) is 15.3. The summed E-state index contributed by atoms with van der Waals surface area (Å²) in [5, 5.41) is 10.2. The third-order valence-corrected chi connectivity index (χ3v) is 4.83. The second-order valence-corrected chi connectivity index (χ2v) is 7.03. The van der Waals surface area contributed by atoms with Crippen LogP contribution in [0.15, 0.2) is 34.6 Å².